The maximum atomic E-state index is 5.91. The molecule has 0 amide bonds. The number of para-hydroxylation sites is 1. The summed E-state index contributed by atoms with van der Waals surface area (Å²) in [5.41, 5.74) is 3.00. The molecule has 4 rings (SSSR count). The van der Waals surface area contributed by atoms with Gasteiger partial charge in [0.15, 0.2) is 0 Å². The van der Waals surface area contributed by atoms with Crippen LogP contribution in [0.5, 0.6) is 5.75 Å². The summed E-state index contributed by atoms with van der Waals surface area (Å²) in [6, 6.07) is 23.3. The zero-order chi connectivity index (χ0) is 19.3. The lowest BCUT2D eigenvalue weighted by molar-refractivity contribution is 0.304. The van der Waals surface area contributed by atoms with Crippen molar-refractivity contribution < 1.29 is 9.15 Å². The Kier molecular flexibility index (Phi) is 5.74. The number of aromatic nitrogens is 2. The lowest BCUT2D eigenvalue weighted by atomic mass is 10.1. The minimum absolute atomic E-state index is 0.481. The standard InChI is InChI=1S/C22H16BrClN2O2/c23-19-3-1-2-4-20(19)27-14-16-5-9-17(10-6-16)22-26-25-21(28-22)13-15-7-11-18(24)12-8-15/h1-12H,13-14H2. The third-order valence-corrected chi connectivity index (χ3v) is 5.07. The molecular weight excluding hydrogens is 440 g/mol. The Morgan fingerprint density at radius 3 is 2.32 bits per heavy atom. The summed E-state index contributed by atoms with van der Waals surface area (Å²) in [5, 5.41) is 9.00. The Hall–Kier alpha value is -2.63. The molecule has 0 atom stereocenters. The lowest BCUT2D eigenvalue weighted by Gasteiger charge is -2.08. The Bertz CT molecular complexity index is 1060. The first-order chi connectivity index (χ1) is 13.7. The van der Waals surface area contributed by atoms with Crippen LogP contribution in [-0.2, 0) is 13.0 Å². The highest BCUT2D eigenvalue weighted by Crippen LogP contribution is 2.25. The van der Waals surface area contributed by atoms with Crippen molar-refractivity contribution >= 4 is 27.5 Å². The highest BCUT2D eigenvalue weighted by molar-refractivity contribution is 9.10. The minimum atomic E-state index is 0.481. The molecule has 3 aromatic carbocycles. The van der Waals surface area contributed by atoms with E-state index >= 15 is 0 Å². The van der Waals surface area contributed by atoms with Gasteiger partial charge in [-0.3, -0.25) is 0 Å². The zero-order valence-corrected chi connectivity index (χ0v) is 17.2. The third kappa shape index (κ3) is 4.61. The molecule has 0 saturated carbocycles. The van der Waals surface area contributed by atoms with Gasteiger partial charge in [0.25, 0.3) is 0 Å². The van der Waals surface area contributed by atoms with E-state index < -0.39 is 0 Å². The fourth-order valence-corrected chi connectivity index (χ4v) is 3.21. The molecule has 28 heavy (non-hydrogen) atoms. The van der Waals surface area contributed by atoms with E-state index in [4.69, 9.17) is 20.8 Å². The summed E-state index contributed by atoms with van der Waals surface area (Å²) in [5.74, 6) is 1.89. The van der Waals surface area contributed by atoms with Crippen LogP contribution in [-0.4, -0.2) is 10.2 Å². The highest BCUT2D eigenvalue weighted by atomic mass is 79.9. The van der Waals surface area contributed by atoms with Crippen LogP contribution in [0.25, 0.3) is 11.5 Å². The van der Waals surface area contributed by atoms with E-state index in [2.05, 4.69) is 26.1 Å². The fourth-order valence-electron chi connectivity index (χ4n) is 2.68. The SMILES string of the molecule is Clc1ccc(Cc2nnc(-c3ccc(COc4ccccc4Br)cc3)o2)cc1. The molecule has 0 spiro atoms. The van der Waals surface area contributed by atoms with Crippen molar-refractivity contribution in [1.29, 1.82) is 0 Å². The molecule has 1 heterocycles. The van der Waals surface area contributed by atoms with Gasteiger partial charge in [0.2, 0.25) is 11.8 Å². The molecule has 0 aliphatic rings. The van der Waals surface area contributed by atoms with Crippen molar-refractivity contribution in [3.8, 4) is 17.2 Å². The largest absolute Gasteiger partial charge is 0.488 e. The summed E-state index contributed by atoms with van der Waals surface area (Å²) < 4.78 is 12.6. The molecule has 4 aromatic rings. The second kappa shape index (κ2) is 8.59. The quantitative estimate of drug-likeness (QED) is 0.341. The molecular formula is C22H16BrClN2O2. The molecule has 0 aliphatic heterocycles. The van der Waals surface area contributed by atoms with E-state index in [1.54, 1.807) is 0 Å². The van der Waals surface area contributed by atoms with Crippen LogP contribution in [0.3, 0.4) is 0 Å². The van der Waals surface area contributed by atoms with Crippen molar-refractivity contribution in [3.05, 3.63) is 99.3 Å². The second-order valence-electron chi connectivity index (χ2n) is 6.22. The number of hydrogen-bond acceptors (Lipinski definition) is 4. The van der Waals surface area contributed by atoms with E-state index in [-0.39, 0.29) is 0 Å². The average molecular weight is 456 g/mol. The number of benzene rings is 3. The summed E-state index contributed by atoms with van der Waals surface area (Å²) in [4.78, 5) is 0. The molecule has 0 fully saturated rings. The van der Waals surface area contributed by atoms with Crippen LogP contribution >= 0.6 is 27.5 Å². The zero-order valence-electron chi connectivity index (χ0n) is 14.8. The Labute approximate surface area is 176 Å². The number of hydrogen-bond donors (Lipinski definition) is 0. The van der Waals surface area contributed by atoms with Crippen LogP contribution in [0.15, 0.2) is 81.7 Å². The van der Waals surface area contributed by atoms with Gasteiger partial charge in [-0.25, -0.2) is 0 Å². The predicted octanol–water partition coefficient (Wildman–Crippen LogP) is 6.32. The normalized spacial score (nSPS) is 10.8. The summed E-state index contributed by atoms with van der Waals surface area (Å²) in [6.07, 6.45) is 0.571. The van der Waals surface area contributed by atoms with E-state index in [9.17, 15) is 0 Å². The summed E-state index contributed by atoms with van der Waals surface area (Å²) >= 11 is 9.40. The van der Waals surface area contributed by atoms with Crippen LogP contribution in [0.4, 0.5) is 0 Å². The molecule has 0 aliphatic carbocycles. The summed E-state index contributed by atoms with van der Waals surface area (Å²) in [7, 11) is 0. The number of rotatable bonds is 6. The topological polar surface area (TPSA) is 48.2 Å². The molecule has 0 bridgehead atoms. The van der Waals surface area contributed by atoms with Crippen LogP contribution in [0, 0.1) is 0 Å². The minimum Gasteiger partial charge on any atom is -0.488 e. The first kappa shape index (κ1) is 18.7. The van der Waals surface area contributed by atoms with E-state index in [0.717, 1.165) is 26.9 Å². The third-order valence-electron chi connectivity index (χ3n) is 4.17. The van der Waals surface area contributed by atoms with Crippen LogP contribution in [0.2, 0.25) is 5.02 Å². The predicted molar refractivity (Wildman–Crippen MR) is 112 cm³/mol. The first-order valence-electron chi connectivity index (χ1n) is 8.71. The Morgan fingerprint density at radius 1 is 0.857 bits per heavy atom. The molecule has 4 nitrogen and oxygen atoms in total. The van der Waals surface area contributed by atoms with E-state index in [1.165, 1.54) is 0 Å². The highest BCUT2D eigenvalue weighted by Gasteiger charge is 2.10. The first-order valence-corrected chi connectivity index (χ1v) is 9.88. The second-order valence-corrected chi connectivity index (χ2v) is 7.51. The van der Waals surface area contributed by atoms with Gasteiger partial charge in [-0.15, -0.1) is 10.2 Å². The monoisotopic (exact) mass is 454 g/mol. The van der Waals surface area contributed by atoms with Gasteiger partial charge in [0.05, 0.1) is 10.9 Å². The number of ether oxygens (including phenoxy) is 1. The summed E-state index contributed by atoms with van der Waals surface area (Å²) in [6.45, 7) is 0.481. The lowest BCUT2D eigenvalue weighted by Crippen LogP contribution is -1.95. The molecule has 0 saturated heterocycles. The van der Waals surface area contributed by atoms with Gasteiger partial charge in [0, 0.05) is 10.6 Å². The maximum absolute atomic E-state index is 5.91. The molecule has 0 radical (unpaired) electrons. The van der Waals surface area contributed by atoms with Crippen molar-refractivity contribution in [2.45, 2.75) is 13.0 Å². The number of halogens is 2. The van der Waals surface area contributed by atoms with Gasteiger partial charge >= 0.3 is 0 Å². The van der Waals surface area contributed by atoms with Gasteiger partial charge in [0.1, 0.15) is 12.4 Å². The Morgan fingerprint density at radius 2 is 1.57 bits per heavy atom. The van der Waals surface area contributed by atoms with Gasteiger partial charge in [-0.05, 0) is 63.5 Å². The fraction of sp³-hybridized carbons (Fsp3) is 0.0909. The van der Waals surface area contributed by atoms with Crippen LogP contribution < -0.4 is 4.74 Å². The van der Waals surface area contributed by atoms with Gasteiger partial charge < -0.3 is 9.15 Å². The van der Waals surface area contributed by atoms with E-state index in [1.807, 2.05) is 72.8 Å². The van der Waals surface area contributed by atoms with Crippen LogP contribution in [0.1, 0.15) is 17.0 Å². The maximum Gasteiger partial charge on any atom is 0.247 e. The molecule has 0 N–H and O–H groups in total. The van der Waals surface area contributed by atoms with Crippen molar-refractivity contribution in [2.24, 2.45) is 0 Å². The molecule has 0 unspecified atom stereocenters. The molecule has 140 valence electrons. The van der Waals surface area contributed by atoms with Crippen molar-refractivity contribution in [1.82, 2.24) is 10.2 Å². The van der Waals surface area contributed by atoms with Gasteiger partial charge in [-0.2, -0.15) is 0 Å². The van der Waals surface area contributed by atoms with Crippen molar-refractivity contribution in [3.63, 3.8) is 0 Å². The molecule has 1 aromatic heterocycles. The van der Waals surface area contributed by atoms with E-state index in [0.29, 0.717) is 29.8 Å². The smallest absolute Gasteiger partial charge is 0.247 e. The average Bonchev–Trinajstić information content (AvgIpc) is 3.18. The Balaban J connectivity index is 1.40. The number of nitrogens with zero attached hydrogens (tertiary/aromatic N) is 2. The molecule has 6 heteroatoms. The van der Waals surface area contributed by atoms with Gasteiger partial charge in [-0.1, -0.05) is 48.0 Å². The van der Waals surface area contributed by atoms with Crippen molar-refractivity contribution in [2.75, 3.05) is 0 Å².